The molecule has 5 nitrogen and oxygen atoms in total. The molecule has 3 aliphatic carbocycles. The standard InChI is InChI=1S/C26H33FN2O3/c1-25-14-12-18-16(8-11-22-26(18,2)15-13-23(30)29(22)3)17(25)9-10-21(25)28-24(31)32-20-7-5-4-6-19(20)27/h4-7,13,15-18,21-22H,8-12,14H2,1-3H3,(H,28,31)/t16-,17-,18-,21-,22+,25-,26+/m0/s1. The molecule has 3 fully saturated rings. The molecule has 0 saturated heterocycles. The lowest BCUT2D eigenvalue weighted by Gasteiger charge is -2.60. The van der Waals surface area contributed by atoms with E-state index < -0.39 is 11.9 Å². The molecule has 0 unspecified atom stereocenters. The first-order valence-corrected chi connectivity index (χ1v) is 11.9. The van der Waals surface area contributed by atoms with Crippen molar-refractivity contribution in [1.82, 2.24) is 10.2 Å². The Bertz CT molecular complexity index is 964. The van der Waals surface area contributed by atoms with Gasteiger partial charge in [-0.15, -0.1) is 0 Å². The lowest BCUT2D eigenvalue weighted by atomic mass is 9.48. The highest BCUT2D eigenvalue weighted by molar-refractivity contribution is 5.89. The van der Waals surface area contributed by atoms with Crippen molar-refractivity contribution in [2.75, 3.05) is 7.05 Å². The first kappa shape index (κ1) is 21.5. The first-order valence-electron chi connectivity index (χ1n) is 11.9. The molecule has 1 aromatic rings. The van der Waals surface area contributed by atoms with Gasteiger partial charge in [-0.1, -0.05) is 32.1 Å². The van der Waals surface area contributed by atoms with Crippen molar-refractivity contribution >= 4 is 12.0 Å². The van der Waals surface area contributed by atoms with Gasteiger partial charge >= 0.3 is 6.09 Å². The zero-order chi connectivity index (χ0) is 22.7. The van der Waals surface area contributed by atoms with Crippen molar-refractivity contribution in [3.63, 3.8) is 0 Å². The molecule has 5 rings (SSSR count). The van der Waals surface area contributed by atoms with Crippen molar-refractivity contribution in [2.24, 2.45) is 28.6 Å². The van der Waals surface area contributed by atoms with Gasteiger partial charge in [0.05, 0.1) is 0 Å². The summed E-state index contributed by atoms with van der Waals surface area (Å²) in [6.07, 6.45) is 9.69. The maximum Gasteiger partial charge on any atom is 0.412 e. The van der Waals surface area contributed by atoms with Crippen LogP contribution in [-0.2, 0) is 4.79 Å². The smallest absolute Gasteiger partial charge is 0.407 e. The second kappa shape index (κ2) is 7.60. The van der Waals surface area contributed by atoms with Gasteiger partial charge in [-0.25, -0.2) is 9.18 Å². The third-order valence-electron chi connectivity index (χ3n) is 9.46. The van der Waals surface area contributed by atoms with Crippen LogP contribution in [0.5, 0.6) is 5.75 Å². The van der Waals surface area contributed by atoms with Gasteiger partial charge in [0, 0.05) is 24.5 Å². The molecule has 3 saturated carbocycles. The maximum absolute atomic E-state index is 13.9. The molecule has 0 radical (unpaired) electrons. The highest BCUT2D eigenvalue weighted by Crippen LogP contribution is 2.63. The molecule has 0 spiro atoms. The largest absolute Gasteiger partial charge is 0.412 e. The average molecular weight is 441 g/mol. The van der Waals surface area contributed by atoms with Gasteiger partial charge in [0.1, 0.15) is 0 Å². The molecule has 1 aliphatic heterocycles. The first-order chi connectivity index (χ1) is 15.2. The number of ether oxygens (including phenoxy) is 1. The van der Waals surface area contributed by atoms with Gasteiger partial charge in [-0.05, 0) is 79.9 Å². The van der Waals surface area contributed by atoms with Crippen LogP contribution in [0, 0.1) is 34.4 Å². The highest BCUT2D eigenvalue weighted by atomic mass is 19.1. The molecule has 2 amide bonds. The summed E-state index contributed by atoms with van der Waals surface area (Å²) >= 11 is 0. The van der Waals surface area contributed by atoms with Gasteiger partial charge in [-0.2, -0.15) is 0 Å². The summed E-state index contributed by atoms with van der Waals surface area (Å²) in [6, 6.07) is 6.30. The summed E-state index contributed by atoms with van der Waals surface area (Å²) in [6.45, 7) is 4.66. The number of halogens is 1. The van der Waals surface area contributed by atoms with E-state index in [2.05, 4.69) is 25.2 Å². The number of likely N-dealkylation sites (N-methyl/N-ethyl adjacent to an activating group) is 1. The molecular weight excluding hydrogens is 407 g/mol. The molecule has 0 bridgehead atoms. The van der Waals surface area contributed by atoms with Crippen LogP contribution >= 0.6 is 0 Å². The number of carbonyl (C=O) groups excluding carboxylic acids is 2. The fraction of sp³-hybridized carbons (Fsp3) is 0.615. The van der Waals surface area contributed by atoms with Crippen molar-refractivity contribution < 1.29 is 18.7 Å². The van der Waals surface area contributed by atoms with Crippen LogP contribution in [0.1, 0.15) is 52.4 Å². The number of benzene rings is 1. The number of hydrogen-bond acceptors (Lipinski definition) is 3. The van der Waals surface area contributed by atoms with Crippen LogP contribution in [0.15, 0.2) is 36.4 Å². The third kappa shape index (κ3) is 3.17. The molecule has 0 aromatic heterocycles. The minimum atomic E-state index is -0.574. The van der Waals surface area contributed by atoms with E-state index >= 15 is 0 Å². The maximum atomic E-state index is 13.9. The van der Waals surface area contributed by atoms with Crippen LogP contribution in [0.25, 0.3) is 0 Å². The fourth-order valence-corrected chi connectivity index (χ4v) is 7.77. The minimum Gasteiger partial charge on any atom is -0.407 e. The third-order valence-corrected chi connectivity index (χ3v) is 9.46. The quantitative estimate of drug-likeness (QED) is 0.710. The number of para-hydroxylation sites is 1. The predicted octanol–water partition coefficient (Wildman–Crippen LogP) is 4.92. The van der Waals surface area contributed by atoms with E-state index in [1.54, 1.807) is 18.2 Å². The van der Waals surface area contributed by atoms with E-state index in [0.717, 1.165) is 38.5 Å². The Hall–Kier alpha value is -2.37. The highest BCUT2D eigenvalue weighted by Gasteiger charge is 2.60. The number of hydrogen-bond donors (Lipinski definition) is 1. The molecule has 172 valence electrons. The number of amides is 2. The summed E-state index contributed by atoms with van der Waals surface area (Å²) in [5, 5.41) is 3.07. The van der Waals surface area contributed by atoms with Crippen molar-refractivity contribution in [3.05, 3.63) is 42.2 Å². The second-order valence-electron chi connectivity index (χ2n) is 10.8. The van der Waals surface area contributed by atoms with E-state index in [4.69, 9.17) is 4.74 Å². The van der Waals surface area contributed by atoms with Gasteiger partial charge in [-0.3, -0.25) is 4.79 Å². The topological polar surface area (TPSA) is 58.6 Å². The lowest BCUT2D eigenvalue weighted by Crippen LogP contribution is -2.60. The Balaban J connectivity index is 1.32. The van der Waals surface area contributed by atoms with Crippen LogP contribution in [-0.4, -0.2) is 36.0 Å². The average Bonchev–Trinajstić information content (AvgIpc) is 3.09. The number of nitrogens with one attached hydrogen (secondary N) is 1. The normalized spacial score (nSPS) is 40.3. The molecule has 4 aliphatic rings. The summed E-state index contributed by atoms with van der Waals surface area (Å²) in [4.78, 5) is 26.8. The Kier molecular flexibility index (Phi) is 5.10. The van der Waals surface area contributed by atoms with E-state index in [9.17, 15) is 14.0 Å². The van der Waals surface area contributed by atoms with E-state index in [1.165, 1.54) is 12.1 Å². The zero-order valence-electron chi connectivity index (χ0n) is 19.1. The van der Waals surface area contributed by atoms with Crippen LogP contribution < -0.4 is 10.1 Å². The number of rotatable bonds is 2. The summed E-state index contributed by atoms with van der Waals surface area (Å²) < 4.78 is 19.2. The molecule has 6 heteroatoms. The molecular formula is C26H33FN2O3. The Morgan fingerprint density at radius 3 is 2.69 bits per heavy atom. The van der Waals surface area contributed by atoms with Gasteiger partial charge < -0.3 is 15.0 Å². The number of fused-ring (bicyclic) bond motifs is 5. The molecule has 1 heterocycles. The molecule has 1 N–H and O–H groups in total. The fourth-order valence-electron chi connectivity index (χ4n) is 7.77. The SMILES string of the molecule is CN1C(=O)C=C[C@]2(C)[C@H]3CC[C@]4(C)[C@@H](NC(=O)Oc5ccccc5F)CC[C@H]4[C@@H]3CC[C@@H]12. The van der Waals surface area contributed by atoms with Gasteiger partial charge in [0.25, 0.3) is 0 Å². The second-order valence-corrected chi connectivity index (χ2v) is 10.8. The zero-order valence-corrected chi connectivity index (χ0v) is 19.1. The molecule has 32 heavy (non-hydrogen) atoms. The van der Waals surface area contributed by atoms with Crippen LogP contribution in [0.3, 0.4) is 0 Å². The molecule has 7 atom stereocenters. The lowest BCUT2D eigenvalue weighted by molar-refractivity contribution is -0.138. The molecule has 1 aromatic carbocycles. The van der Waals surface area contributed by atoms with E-state index in [-0.39, 0.29) is 34.6 Å². The van der Waals surface area contributed by atoms with Crippen LogP contribution in [0.4, 0.5) is 9.18 Å². The number of nitrogens with zero attached hydrogens (tertiary/aromatic N) is 1. The van der Waals surface area contributed by atoms with Crippen molar-refractivity contribution in [2.45, 2.75) is 64.5 Å². The monoisotopic (exact) mass is 440 g/mol. The van der Waals surface area contributed by atoms with E-state index in [1.807, 2.05) is 11.9 Å². The van der Waals surface area contributed by atoms with Crippen molar-refractivity contribution in [1.29, 1.82) is 0 Å². The van der Waals surface area contributed by atoms with Crippen LogP contribution in [0.2, 0.25) is 0 Å². The summed E-state index contributed by atoms with van der Waals surface area (Å²) in [7, 11) is 1.94. The minimum absolute atomic E-state index is 0.0126. The Morgan fingerprint density at radius 1 is 1.12 bits per heavy atom. The van der Waals surface area contributed by atoms with Crippen molar-refractivity contribution in [3.8, 4) is 5.75 Å². The van der Waals surface area contributed by atoms with E-state index in [0.29, 0.717) is 17.8 Å². The summed E-state index contributed by atoms with van der Waals surface area (Å²) in [5.74, 6) is 1.22. The number of carbonyl (C=O) groups is 2. The van der Waals surface area contributed by atoms with Gasteiger partial charge in [0.2, 0.25) is 5.91 Å². The predicted molar refractivity (Wildman–Crippen MR) is 119 cm³/mol. The Labute approximate surface area is 189 Å². The Morgan fingerprint density at radius 2 is 1.91 bits per heavy atom. The van der Waals surface area contributed by atoms with Gasteiger partial charge in [0.15, 0.2) is 11.6 Å². The summed E-state index contributed by atoms with van der Waals surface area (Å²) in [5.41, 5.74) is 0.0287.